The summed E-state index contributed by atoms with van der Waals surface area (Å²) in [5, 5.41) is 8.47. The molecule has 1 aliphatic heterocycles. The minimum Gasteiger partial charge on any atom is -0.350 e. The number of aromatic nitrogens is 1. The van der Waals surface area contributed by atoms with Gasteiger partial charge in [-0.2, -0.15) is 0 Å². The Hall–Kier alpha value is -1.37. The number of carbonyl (C=O) groups is 2. The molecule has 2 heterocycles. The Bertz CT molecular complexity index is 439. The van der Waals surface area contributed by atoms with E-state index in [-0.39, 0.29) is 49.2 Å². The van der Waals surface area contributed by atoms with Gasteiger partial charge in [-0.3, -0.25) is 14.6 Å². The van der Waals surface area contributed by atoms with Gasteiger partial charge in [0.25, 0.3) is 0 Å². The molecule has 21 heavy (non-hydrogen) atoms. The van der Waals surface area contributed by atoms with Crippen molar-refractivity contribution in [1.29, 1.82) is 0 Å². The lowest BCUT2D eigenvalue weighted by Crippen LogP contribution is -2.44. The maximum Gasteiger partial charge on any atom is 0.239 e. The summed E-state index contributed by atoms with van der Waals surface area (Å²) < 4.78 is 0. The van der Waals surface area contributed by atoms with Crippen molar-refractivity contribution < 1.29 is 9.59 Å². The molecule has 2 rings (SSSR count). The number of halogens is 2. The van der Waals surface area contributed by atoms with Gasteiger partial charge in [0.1, 0.15) is 0 Å². The third kappa shape index (κ3) is 6.75. The summed E-state index contributed by atoms with van der Waals surface area (Å²) in [5.74, 6) is -0.292. The van der Waals surface area contributed by atoms with Crippen LogP contribution in [0, 0.1) is 0 Å². The Balaban J connectivity index is 0.00000200. The molecule has 0 aromatic carbocycles. The van der Waals surface area contributed by atoms with E-state index in [0.29, 0.717) is 6.54 Å². The summed E-state index contributed by atoms with van der Waals surface area (Å²) in [5.41, 5.74) is 0.979. The molecular formula is C13H20Cl2N4O2. The van der Waals surface area contributed by atoms with E-state index in [9.17, 15) is 9.59 Å². The van der Waals surface area contributed by atoms with Gasteiger partial charge in [-0.1, -0.05) is 0 Å². The van der Waals surface area contributed by atoms with Crippen molar-refractivity contribution in [3.05, 3.63) is 30.1 Å². The van der Waals surface area contributed by atoms with E-state index in [2.05, 4.69) is 20.9 Å². The number of nitrogens with one attached hydrogen (secondary N) is 3. The molecule has 2 amide bonds. The van der Waals surface area contributed by atoms with Gasteiger partial charge in [-0.15, -0.1) is 24.8 Å². The highest BCUT2D eigenvalue weighted by molar-refractivity contribution is 5.87. The van der Waals surface area contributed by atoms with E-state index < -0.39 is 0 Å². The predicted octanol–water partition coefficient (Wildman–Crippen LogP) is 0.410. The standard InChI is InChI=1S/C13H18N4O2.2ClH/c18-12(16-8-10-3-6-14-7-4-10)9-17-13(19)11-2-1-5-15-11;;/h3-4,6-7,11,15H,1-2,5,8-9H2,(H,16,18)(H,17,19);2*1H. The first kappa shape index (κ1) is 19.6. The molecule has 8 heteroatoms. The number of nitrogens with zero attached hydrogens (tertiary/aromatic N) is 1. The summed E-state index contributed by atoms with van der Waals surface area (Å²) in [6, 6.07) is 3.52. The van der Waals surface area contributed by atoms with Crippen LogP contribution in [0.5, 0.6) is 0 Å². The number of pyridine rings is 1. The minimum atomic E-state index is -0.192. The van der Waals surface area contributed by atoms with Crippen molar-refractivity contribution in [1.82, 2.24) is 20.9 Å². The molecule has 0 spiro atoms. The molecule has 0 bridgehead atoms. The van der Waals surface area contributed by atoms with Crippen LogP contribution in [0.15, 0.2) is 24.5 Å². The molecule has 1 atom stereocenters. The molecule has 6 nitrogen and oxygen atoms in total. The number of amides is 2. The van der Waals surface area contributed by atoms with Crippen LogP contribution in [0.4, 0.5) is 0 Å². The first-order chi connectivity index (χ1) is 9.25. The van der Waals surface area contributed by atoms with Crippen LogP contribution in [0.2, 0.25) is 0 Å². The molecule has 3 N–H and O–H groups in total. The average molecular weight is 335 g/mol. The predicted molar refractivity (Wildman–Crippen MR) is 84.6 cm³/mol. The van der Waals surface area contributed by atoms with E-state index in [0.717, 1.165) is 24.9 Å². The van der Waals surface area contributed by atoms with Crippen molar-refractivity contribution in [2.75, 3.05) is 13.1 Å². The number of hydrogen-bond acceptors (Lipinski definition) is 4. The minimum absolute atomic E-state index is 0. The number of hydrogen-bond donors (Lipinski definition) is 3. The molecule has 0 aliphatic carbocycles. The van der Waals surface area contributed by atoms with E-state index in [1.165, 1.54) is 0 Å². The van der Waals surface area contributed by atoms with Gasteiger partial charge in [0.15, 0.2) is 0 Å². The van der Waals surface area contributed by atoms with Crippen LogP contribution in [-0.2, 0) is 16.1 Å². The van der Waals surface area contributed by atoms with Crippen molar-refractivity contribution in [2.45, 2.75) is 25.4 Å². The first-order valence-corrected chi connectivity index (χ1v) is 6.42. The smallest absolute Gasteiger partial charge is 0.239 e. The number of rotatable bonds is 5. The van der Waals surface area contributed by atoms with Crippen LogP contribution in [0.1, 0.15) is 18.4 Å². The lowest BCUT2D eigenvalue weighted by molar-refractivity contribution is -0.127. The summed E-state index contributed by atoms with van der Waals surface area (Å²) in [4.78, 5) is 27.1. The van der Waals surface area contributed by atoms with Gasteiger partial charge in [0.2, 0.25) is 11.8 Å². The molecular weight excluding hydrogens is 315 g/mol. The lowest BCUT2D eigenvalue weighted by atomic mass is 10.2. The second-order valence-corrected chi connectivity index (χ2v) is 4.50. The Morgan fingerprint density at radius 1 is 1.24 bits per heavy atom. The average Bonchev–Trinajstić information content (AvgIpc) is 2.98. The second kappa shape index (κ2) is 10.4. The van der Waals surface area contributed by atoms with Crippen LogP contribution >= 0.6 is 24.8 Å². The van der Waals surface area contributed by atoms with Crippen LogP contribution < -0.4 is 16.0 Å². The van der Waals surface area contributed by atoms with Crippen molar-refractivity contribution in [2.24, 2.45) is 0 Å². The van der Waals surface area contributed by atoms with E-state index in [4.69, 9.17) is 0 Å². The van der Waals surface area contributed by atoms with Gasteiger partial charge < -0.3 is 16.0 Å². The molecule has 1 aliphatic rings. The lowest BCUT2D eigenvalue weighted by Gasteiger charge is -2.11. The molecule has 1 unspecified atom stereocenters. The van der Waals surface area contributed by atoms with E-state index in [1.54, 1.807) is 12.4 Å². The monoisotopic (exact) mass is 334 g/mol. The third-order valence-electron chi connectivity index (χ3n) is 3.04. The quantitative estimate of drug-likeness (QED) is 0.728. The molecule has 0 saturated carbocycles. The van der Waals surface area contributed by atoms with Crippen LogP contribution in [-0.4, -0.2) is 35.9 Å². The third-order valence-corrected chi connectivity index (χ3v) is 3.04. The largest absolute Gasteiger partial charge is 0.350 e. The van der Waals surface area contributed by atoms with Crippen molar-refractivity contribution in [3.8, 4) is 0 Å². The van der Waals surface area contributed by atoms with Gasteiger partial charge in [0.05, 0.1) is 12.6 Å². The topological polar surface area (TPSA) is 83.1 Å². The highest BCUT2D eigenvalue weighted by Crippen LogP contribution is 2.04. The fraction of sp³-hybridized carbons (Fsp3) is 0.462. The summed E-state index contributed by atoms with van der Waals surface area (Å²) >= 11 is 0. The SMILES string of the molecule is Cl.Cl.O=C(CNC(=O)C1CCCN1)NCc1ccncc1. The van der Waals surface area contributed by atoms with E-state index >= 15 is 0 Å². The Kier molecular flexibility index (Phi) is 9.69. The first-order valence-electron chi connectivity index (χ1n) is 6.42. The number of carbonyl (C=O) groups excluding carboxylic acids is 2. The van der Waals surface area contributed by atoms with Crippen LogP contribution in [0.3, 0.4) is 0 Å². The van der Waals surface area contributed by atoms with Gasteiger partial charge in [-0.25, -0.2) is 0 Å². The van der Waals surface area contributed by atoms with Crippen molar-refractivity contribution in [3.63, 3.8) is 0 Å². The molecule has 1 saturated heterocycles. The highest BCUT2D eigenvalue weighted by atomic mass is 35.5. The van der Waals surface area contributed by atoms with E-state index in [1.807, 2.05) is 12.1 Å². The fourth-order valence-electron chi connectivity index (χ4n) is 1.96. The maximum absolute atomic E-state index is 11.7. The molecule has 118 valence electrons. The molecule has 0 radical (unpaired) electrons. The summed E-state index contributed by atoms with van der Waals surface area (Å²) in [6.45, 7) is 1.33. The fourth-order valence-corrected chi connectivity index (χ4v) is 1.96. The normalized spacial score (nSPS) is 16.3. The zero-order valence-corrected chi connectivity index (χ0v) is 13.1. The molecule has 1 fully saturated rings. The van der Waals surface area contributed by atoms with Gasteiger partial charge in [-0.05, 0) is 37.1 Å². The Morgan fingerprint density at radius 3 is 2.57 bits per heavy atom. The second-order valence-electron chi connectivity index (χ2n) is 4.50. The molecule has 1 aromatic heterocycles. The Morgan fingerprint density at radius 2 is 1.95 bits per heavy atom. The zero-order valence-electron chi connectivity index (χ0n) is 11.5. The molecule has 1 aromatic rings. The van der Waals surface area contributed by atoms with Crippen molar-refractivity contribution >= 4 is 36.6 Å². The van der Waals surface area contributed by atoms with Crippen LogP contribution in [0.25, 0.3) is 0 Å². The van der Waals surface area contributed by atoms with Gasteiger partial charge >= 0.3 is 0 Å². The Labute approximate surface area is 136 Å². The highest BCUT2D eigenvalue weighted by Gasteiger charge is 2.21. The van der Waals surface area contributed by atoms with Gasteiger partial charge in [0, 0.05) is 18.9 Å². The summed E-state index contributed by atoms with van der Waals surface area (Å²) in [7, 11) is 0. The zero-order chi connectivity index (χ0) is 13.5. The maximum atomic E-state index is 11.7. The summed E-state index contributed by atoms with van der Waals surface area (Å²) in [6.07, 6.45) is 5.20.